The Kier molecular flexibility index (Phi) is 112. The van der Waals surface area contributed by atoms with Gasteiger partial charge in [0, 0.05) is 61.3 Å². The van der Waals surface area contributed by atoms with Crippen LogP contribution in [0.4, 0.5) is 0 Å². The Morgan fingerprint density at radius 1 is 0.308 bits per heavy atom. The average molecular weight is 1430 g/mol. The Morgan fingerprint density at radius 3 is 0.327 bits per heavy atom. The van der Waals surface area contributed by atoms with Gasteiger partial charge in [-0.1, -0.05) is 40.0 Å². The van der Waals surface area contributed by atoms with Crippen LogP contribution in [0.5, 0.6) is 0 Å². The number of hydrogen-bond acceptors (Lipinski definition) is 29. The zero-order chi connectivity index (χ0) is 41.7. The second-order valence-electron chi connectivity index (χ2n) is 5.69. The van der Waals surface area contributed by atoms with Gasteiger partial charge in [0.2, 0.25) is 0 Å². The van der Waals surface area contributed by atoms with Crippen molar-refractivity contribution in [3.05, 3.63) is 20.8 Å². The van der Waals surface area contributed by atoms with Crippen LogP contribution >= 0.6 is 54.8 Å². The summed E-state index contributed by atoms with van der Waals surface area (Å²) in [6.45, 7) is 17.2. The van der Waals surface area contributed by atoms with E-state index >= 15 is 0 Å². The van der Waals surface area contributed by atoms with Crippen LogP contribution < -0.4 is 109 Å². The van der Waals surface area contributed by atoms with E-state index in [9.17, 15) is 0 Å². The minimum absolute atomic E-state index is 0. The Labute approximate surface area is 340 Å². The van der Waals surface area contributed by atoms with Gasteiger partial charge in [-0.05, 0) is 0 Å². The SMILES string of the molecule is O=P([O-])([O-])[O-].O=P([O-])([O-])[O-].O=P([O-])([O-])[O-].O=P([O-])([O-])[O-].O=P([O-])([O-])[O-].O=P([O-])([O-])[O-].O=P([O-])([O-])[O-].[CH2-]CCC.[CH2-]CCC.[CH2-]CCC.[NH4+].[OH-].[Re].[Re].[Re]. The third-order valence-electron chi connectivity index (χ3n) is 1.06. The molecule has 0 saturated heterocycles. The number of unbranched alkanes of at least 4 members (excludes halogenated alkanes) is 3. The van der Waals surface area contributed by atoms with Crippen molar-refractivity contribution in [2.24, 2.45) is 0 Å². The average Bonchev–Trinajstić information content (AvgIpc) is 2.65. The van der Waals surface area contributed by atoms with E-state index in [-0.39, 0.29) is 72.9 Å². The van der Waals surface area contributed by atoms with Gasteiger partial charge in [-0.2, -0.15) is 74.0 Å². The van der Waals surface area contributed by atoms with Crippen LogP contribution in [0.2, 0.25) is 0 Å². The summed E-state index contributed by atoms with van der Waals surface area (Å²) in [6, 6.07) is 0. The first kappa shape index (κ1) is 100. The van der Waals surface area contributed by atoms with Gasteiger partial charge >= 0.3 is 0 Å². The van der Waals surface area contributed by atoms with Crippen molar-refractivity contribution in [2.45, 2.75) is 59.3 Å². The van der Waals surface area contributed by atoms with Gasteiger partial charge in [0.15, 0.2) is 0 Å². The predicted octanol–water partition coefficient (Wildman–Crippen LogP) is -14.7. The molecule has 0 aliphatic carbocycles. The zero-order valence-electron chi connectivity index (χ0n) is 26.5. The zero-order valence-corrected chi connectivity index (χ0v) is 40.9. The molecule has 0 saturated carbocycles. The van der Waals surface area contributed by atoms with Gasteiger partial charge in [0.1, 0.15) is 0 Å². The fourth-order valence-electron chi connectivity index (χ4n) is 0. The van der Waals surface area contributed by atoms with E-state index in [1.165, 1.54) is 19.3 Å². The quantitative estimate of drug-likeness (QED) is 0.202. The van der Waals surface area contributed by atoms with Gasteiger partial charge in [-0.15, -0.1) is 0 Å². The molecular weight excluding hydrogens is 1400 g/mol. The summed E-state index contributed by atoms with van der Waals surface area (Å²) in [5.74, 6) is 0. The molecule has 3 radical (unpaired) electrons. The van der Waals surface area contributed by atoms with Crippen molar-refractivity contribution in [1.29, 1.82) is 0 Å². The van der Waals surface area contributed by atoms with E-state index in [4.69, 9.17) is 135 Å². The summed E-state index contributed by atoms with van der Waals surface area (Å²) in [4.78, 5) is 180. The maximum atomic E-state index is 8.55. The Bertz CT molecular complexity index is 684. The largest absolute Gasteiger partial charge is 0.870 e. The maximum absolute atomic E-state index is 8.55. The van der Waals surface area contributed by atoms with Crippen LogP contribution in [0, 0.1) is 20.8 Å². The molecule has 5 N–H and O–H groups in total. The van der Waals surface area contributed by atoms with Gasteiger partial charge in [0.25, 0.3) is 0 Å². The van der Waals surface area contributed by atoms with Crippen molar-refractivity contribution >= 4 is 54.8 Å². The van der Waals surface area contributed by atoms with Crippen LogP contribution in [0.15, 0.2) is 0 Å². The molecule has 40 heteroatoms. The monoisotopic (exact) mass is 1430 g/mol. The van der Waals surface area contributed by atoms with Crippen molar-refractivity contribution < 1.29 is 201 Å². The van der Waals surface area contributed by atoms with Gasteiger partial charge in [-0.3, -0.25) is 0 Å². The molecular formula is C12H32NO29P7Re3-24. The van der Waals surface area contributed by atoms with Gasteiger partial charge < -0.3 is 167 Å². The fourth-order valence-corrected chi connectivity index (χ4v) is 0. The van der Waals surface area contributed by atoms with Crippen LogP contribution in [0.1, 0.15) is 59.3 Å². The first-order valence-corrected chi connectivity index (χ1v) is 20.5. The molecule has 0 aliphatic heterocycles. The van der Waals surface area contributed by atoms with Crippen LogP contribution in [-0.2, 0) is 93.2 Å². The number of rotatable bonds is 3. The summed E-state index contributed by atoms with van der Waals surface area (Å²) in [6.07, 6.45) is 6.83. The molecule has 0 unspecified atom stereocenters. The predicted molar refractivity (Wildman–Crippen MR) is 122 cm³/mol. The molecule has 0 heterocycles. The molecule has 339 valence electrons. The minimum Gasteiger partial charge on any atom is -0.870 e. The molecule has 0 amide bonds. The van der Waals surface area contributed by atoms with Crippen LogP contribution in [-0.4, -0.2) is 5.48 Å². The summed E-state index contributed by atoms with van der Waals surface area (Å²) in [5.41, 5.74) is 0. The third kappa shape index (κ3) is 4360. The molecule has 0 aromatic rings. The van der Waals surface area contributed by atoms with Gasteiger partial charge in [-0.25, -0.2) is 0 Å². The Balaban J connectivity index is -0.0000000223. The van der Waals surface area contributed by atoms with Gasteiger partial charge in [0.05, 0.1) is 0 Å². The topological polar surface area (TPSA) is 670 Å². The van der Waals surface area contributed by atoms with Crippen molar-refractivity contribution in [2.75, 3.05) is 0 Å². The molecule has 52 heavy (non-hydrogen) atoms. The van der Waals surface area contributed by atoms with Crippen LogP contribution in [0.3, 0.4) is 0 Å². The van der Waals surface area contributed by atoms with E-state index < -0.39 is 54.8 Å². The normalized spacial score (nSPS) is 9.67. The second kappa shape index (κ2) is 58.0. The van der Waals surface area contributed by atoms with Crippen molar-refractivity contribution in [3.63, 3.8) is 0 Å². The first-order chi connectivity index (χ1) is 19.7. The summed E-state index contributed by atoms with van der Waals surface area (Å²) in [5, 5.41) is 0. The van der Waals surface area contributed by atoms with Crippen LogP contribution in [0.25, 0.3) is 0 Å². The molecule has 0 fully saturated rings. The minimum atomic E-state index is -5.39. The fraction of sp³-hybridized carbons (Fsp3) is 0.750. The molecule has 0 atom stereocenters. The van der Waals surface area contributed by atoms with E-state index in [1.807, 2.05) is 0 Å². The molecule has 0 spiro atoms. The summed E-state index contributed by atoms with van der Waals surface area (Å²) >= 11 is 0. The Morgan fingerprint density at radius 2 is 0.327 bits per heavy atom. The van der Waals surface area contributed by atoms with E-state index in [0.29, 0.717) is 0 Å². The summed E-state index contributed by atoms with van der Waals surface area (Å²) < 4.78 is 59.8. The number of hydrogen-bond donors (Lipinski definition) is 1. The van der Waals surface area contributed by atoms with Crippen molar-refractivity contribution in [3.8, 4) is 0 Å². The second-order valence-corrected chi connectivity index (χ2v) is 12.0. The molecule has 0 aromatic heterocycles. The Hall–Kier alpha value is 2.68. The van der Waals surface area contributed by atoms with E-state index in [0.717, 1.165) is 19.3 Å². The molecule has 0 bridgehead atoms. The van der Waals surface area contributed by atoms with E-state index in [2.05, 4.69) is 41.5 Å². The smallest absolute Gasteiger partial charge is 0 e. The van der Waals surface area contributed by atoms with Crippen molar-refractivity contribution in [1.82, 2.24) is 6.15 Å². The standard InChI is InChI=1S/3C4H9.H3N.7H3O4P.H2O.3Re/c3*1-3-4-2;;7*1-5(2,3)4;;;;/h3*1,3-4H2,2H3;1H3;7*(H3,1,2,3,4);1H2;;;/q3*-1;;;;;;;;;;;;/p-21. The molecule has 30 nitrogen and oxygen atoms in total. The third-order valence-corrected chi connectivity index (χ3v) is 1.06. The first-order valence-electron chi connectivity index (χ1n) is 10.2. The molecule has 0 aromatic carbocycles. The van der Waals surface area contributed by atoms with E-state index in [1.54, 1.807) is 0 Å². The molecule has 0 aliphatic rings. The number of quaternary nitrogens is 1. The maximum Gasteiger partial charge on any atom is 0 e. The number of phosphoric acid groups is 7. The summed E-state index contributed by atoms with van der Waals surface area (Å²) in [7, 11) is -37.7. The molecule has 0 rings (SSSR count).